The number of methoxy groups -OCH3 is 1. The fraction of sp³-hybridized carbons (Fsp3) is 0.500. The Kier molecular flexibility index (Phi) is 4.67. The first-order valence-electron chi connectivity index (χ1n) is 8.73. The third kappa shape index (κ3) is 3.26. The normalized spacial score (nSPS) is 18.2. The van der Waals surface area contributed by atoms with Crippen LogP contribution < -0.4 is 4.90 Å². The molecule has 1 atom stereocenters. The molecule has 0 radical (unpaired) electrons. The predicted molar refractivity (Wildman–Crippen MR) is 100 cm³/mol. The molecule has 0 spiro atoms. The van der Waals surface area contributed by atoms with Gasteiger partial charge in [-0.15, -0.1) is 11.3 Å². The third-order valence-corrected chi connectivity index (χ3v) is 5.59. The molecule has 1 fully saturated rings. The van der Waals surface area contributed by atoms with Crippen molar-refractivity contribution in [1.29, 1.82) is 0 Å². The van der Waals surface area contributed by atoms with Crippen molar-refractivity contribution >= 4 is 27.4 Å². The van der Waals surface area contributed by atoms with E-state index in [1.165, 1.54) is 5.39 Å². The molecule has 4 rings (SSSR count). The summed E-state index contributed by atoms with van der Waals surface area (Å²) in [6, 6.07) is 2.14. The molecule has 0 bridgehead atoms. The summed E-state index contributed by atoms with van der Waals surface area (Å²) in [6.45, 7) is 5.52. The maximum absolute atomic E-state index is 5.23. The van der Waals surface area contributed by atoms with E-state index in [0.717, 1.165) is 54.8 Å². The van der Waals surface area contributed by atoms with E-state index in [9.17, 15) is 0 Å². The zero-order valence-corrected chi connectivity index (χ0v) is 15.5. The molecule has 6 nitrogen and oxygen atoms in total. The van der Waals surface area contributed by atoms with Crippen molar-refractivity contribution in [2.24, 2.45) is 0 Å². The SMILES string of the molecule is COCCn1ccnc1[C@@H]1CCCN(c2nc(C)nc3sccc23)C1. The van der Waals surface area contributed by atoms with Gasteiger partial charge < -0.3 is 14.2 Å². The van der Waals surface area contributed by atoms with Crippen LogP contribution in [0.2, 0.25) is 0 Å². The second kappa shape index (κ2) is 7.09. The first kappa shape index (κ1) is 16.5. The molecule has 25 heavy (non-hydrogen) atoms. The number of hydrogen-bond donors (Lipinski definition) is 0. The van der Waals surface area contributed by atoms with Crippen molar-refractivity contribution in [3.63, 3.8) is 0 Å². The Bertz CT molecular complexity index is 858. The molecule has 3 aromatic heterocycles. The highest BCUT2D eigenvalue weighted by Gasteiger charge is 2.26. The summed E-state index contributed by atoms with van der Waals surface area (Å²) in [4.78, 5) is 17.4. The molecule has 1 saturated heterocycles. The van der Waals surface area contributed by atoms with Crippen LogP contribution in [0, 0.1) is 6.92 Å². The predicted octanol–water partition coefficient (Wildman–Crippen LogP) is 3.23. The fourth-order valence-corrected chi connectivity index (χ4v) is 4.43. The number of piperidine rings is 1. The quantitative estimate of drug-likeness (QED) is 0.702. The molecular formula is C18H23N5OS. The lowest BCUT2D eigenvalue weighted by Gasteiger charge is -2.34. The van der Waals surface area contributed by atoms with Crippen LogP contribution in [0.5, 0.6) is 0 Å². The van der Waals surface area contributed by atoms with Gasteiger partial charge in [0.15, 0.2) is 0 Å². The Labute approximate surface area is 151 Å². The van der Waals surface area contributed by atoms with E-state index in [4.69, 9.17) is 9.72 Å². The van der Waals surface area contributed by atoms with E-state index in [0.29, 0.717) is 12.5 Å². The molecule has 0 saturated carbocycles. The summed E-state index contributed by atoms with van der Waals surface area (Å²) < 4.78 is 7.45. The van der Waals surface area contributed by atoms with E-state index in [-0.39, 0.29) is 0 Å². The minimum atomic E-state index is 0.421. The van der Waals surface area contributed by atoms with Gasteiger partial charge in [-0.2, -0.15) is 0 Å². The van der Waals surface area contributed by atoms with Gasteiger partial charge in [-0.25, -0.2) is 15.0 Å². The van der Waals surface area contributed by atoms with Crippen LogP contribution in [-0.2, 0) is 11.3 Å². The molecule has 7 heteroatoms. The van der Waals surface area contributed by atoms with Gasteiger partial charge >= 0.3 is 0 Å². The molecule has 1 aliphatic rings. The van der Waals surface area contributed by atoms with E-state index in [1.807, 2.05) is 13.1 Å². The highest BCUT2D eigenvalue weighted by Crippen LogP contribution is 2.33. The van der Waals surface area contributed by atoms with Gasteiger partial charge in [0.2, 0.25) is 0 Å². The number of rotatable bonds is 5. The Morgan fingerprint density at radius 1 is 1.36 bits per heavy atom. The molecule has 4 heterocycles. The first-order chi connectivity index (χ1) is 12.3. The smallest absolute Gasteiger partial charge is 0.141 e. The minimum absolute atomic E-state index is 0.421. The number of ether oxygens (including phenoxy) is 1. The highest BCUT2D eigenvalue weighted by molar-refractivity contribution is 7.16. The van der Waals surface area contributed by atoms with E-state index < -0.39 is 0 Å². The van der Waals surface area contributed by atoms with Crippen molar-refractivity contribution in [1.82, 2.24) is 19.5 Å². The lowest BCUT2D eigenvalue weighted by atomic mass is 9.97. The second-order valence-corrected chi connectivity index (χ2v) is 7.39. The summed E-state index contributed by atoms with van der Waals surface area (Å²) in [7, 11) is 1.74. The number of anilines is 1. The minimum Gasteiger partial charge on any atom is -0.383 e. The maximum Gasteiger partial charge on any atom is 0.141 e. The number of fused-ring (bicyclic) bond motifs is 1. The largest absolute Gasteiger partial charge is 0.383 e. The van der Waals surface area contributed by atoms with Crippen molar-refractivity contribution in [2.75, 3.05) is 31.7 Å². The van der Waals surface area contributed by atoms with Gasteiger partial charge in [-0.1, -0.05) is 0 Å². The van der Waals surface area contributed by atoms with Crippen LogP contribution in [0.3, 0.4) is 0 Å². The molecular weight excluding hydrogens is 334 g/mol. The highest BCUT2D eigenvalue weighted by atomic mass is 32.1. The van der Waals surface area contributed by atoms with Crippen LogP contribution in [-0.4, -0.2) is 46.3 Å². The Balaban J connectivity index is 1.61. The zero-order valence-electron chi connectivity index (χ0n) is 14.7. The van der Waals surface area contributed by atoms with Gasteiger partial charge in [0.05, 0.1) is 12.0 Å². The van der Waals surface area contributed by atoms with E-state index in [2.05, 4.69) is 37.1 Å². The van der Waals surface area contributed by atoms with Crippen molar-refractivity contribution in [3.05, 3.63) is 35.5 Å². The van der Waals surface area contributed by atoms with Crippen LogP contribution in [0.25, 0.3) is 10.2 Å². The molecule has 0 amide bonds. The summed E-state index contributed by atoms with van der Waals surface area (Å²) in [5.41, 5.74) is 0. The average Bonchev–Trinajstić information content (AvgIpc) is 3.28. The average molecular weight is 357 g/mol. The number of imidazole rings is 1. The first-order valence-corrected chi connectivity index (χ1v) is 9.61. The van der Waals surface area contributed by atoms with Crippen LogP contribution in [0.1, 0.15) is 30.4 Å². The number of nitrogens with zero attached hydrogens (tertiary/aromatic N) is 5. The fourth-order valence-electron chi connectivity index (χ4n) is 3.62. The van der Waals surface area contributed by atoms with Gasteiger partial charge in [-0.3, -0.25) is 0 Å². The zero-order chi connectivity index (χ0) is 17.2. The van der Waals surface area contributed by atoms with Crippen molar-refractivity contribution < 1.29 is 4.74 Å². The lowest BCUT2D eigenvalue weighted by Crippen LogP contribution is -2.36. The van der Waals surface area contributed by atoms with Gasteiger partial charge in [0.25, 0.3) is 0 Å². The summed E-state index contributed by atoms with van der Waals surface area (Å²) in [5.74, 6) is 3.50. The second-order valence-electron chi connectivity index (χ2n) is 6.49. The maximum atomic E-state index is 5.23. The van der Waals surface area contributed by atoms with Gasteiger partial charge in [0.1, 0.15) is 22.3 Å². The molecule has 0 unspecified atom stereocenters. The van der Waals surface area contributed by atoms with Crippen LogP contribution in [0.4, 0.5) is 5.82 Å². The Morgan fingerprint density at radius 3 is 3.16 bits per heavy atom. The van der Waals surface area contributed by atoms with Crippen molar-refractivity contribution in [3.8, 4) is 0 Å². The molecule has 0 N–H and O–H groups in total. The van der Waals surface area contributed by atoms with E-state index >= 15 is 0 Å². The summed E-state index contributed by atoms with van der Waals surface area (Å²) in [6.07, 6.45) is 6.27. The molecule has 0 aromatic carbocycles. The number of hydrogen-bond acceptors (Lipinski definition) is 6. The number of aromatic nitrogens is 4. The third-order valence-electron chi connectivity index (χ3n) is 4.79. The molecule has 132 valence electrons. The number of thiophene rings is 1. The summed E-state index contributed by atoms with van der Waals surface area (Å²) in [5, 5.41) is 3.26. The van der Waals surface area contributed by atoms with Crippen molar-refractivity contribution in [2.45, 2.75) is 32.2 Å². The lowest BCUT2D eigenvalue weighted by molar-refractivity contribution is 0.185. The van der Waals surface area contributed by atoms with Crippen LogP contribution in [0.15, 0.2) is 23.8 Å². The van der Waals surface area contributed by atoms with Gasteiger partial charge in [-0.05, 0) is 31.2 Å². The van der Waals surface area contributed by atoms with Crippen LogP contribution >= 0.6 is 11.3 Å². The topological polar surface area (TPSA) is 56.1 Å². The van der Waals surface area contributed by atoms with E-state index in [1.54, 1.807) is 18.4 Å². The standard InChI is InChI=1S/C18H23N5OS/c1-13-20-17(15-5-11-25-18(15)21-13)23-7-3-4-14(12-23)16-19-6-8-22(16)9-10-24-2/h5-6,8,11,14H,3-4,7,9-10,12H2,1-2H3/t14-/m1/s1. The Morgan fingerprint density at radius 2 is 2.28 bits per heavy atom. The van der Waals surface area contributed by atoms with Gasteiger partial charge in [0, 0.05) is 45.1 Å². The number of aryl methyl sites for hydroxylation is 1. The Hall–Kier alpha value is -1.99. The summed E-state index contributed by atoms with van der Waals surface area (Å²) >= 11 is 1.68. The monoisotopic (exact) mass is 357 g/mol. The molecule has 3 aromatic rings. The molecule has 0 aliphatic carbocycles. The molecule has 1 aliphatic heterocycles.